The SMILES string of the molecule is C[C@H](c1nnc(-c2cccc(F)c2)[nH]1)C1CCC(c2ccnc3ccc(F)cc23)CC1. The Morgan fingerprint density at radius 2 is 1.74 bits per heavy atom. The molecule has 1 atom stereocenters. The van der Waals surface area contributed by atoms with Gasteiger partial charge in [0.05, 0.1) is 5.52 Å². The summed E-state index contributed by atoms with van der Waals surface area (Å²) in [5.41, 5.74) is 2.75. The molecule has 4 nitrogen and oxygen atoms in total. The van der Waals surface area contributed by atoms with Crippen LogP contribution in [0.1, 0.15) is 55.8 Å². The lowest BCUT2D eigenvalue weighted by atomic mass is 9.73. The molecule has 31 heavy (non-hydrogen) atoms. The van der Waals surface area contributed by atoms with Crippen molar-refractivity contribution in [2.24, 2.45) is 5.92 Å². The number of aromatic amines is 1. The van der Waals surface area contributed by atoms with Gasteiger partial charge in [0.15, 0.2) is 5.82 Å². The van der Waals surface area contributed by atoms with Crippen LogP contribution in [0.2, 0.25) is 0 Å². The van der Waals surface area contributed by atoms with Crippen molar-refractivity contribution in [1.82, 2.24) is 20.2 Å². The zero-order chi connectivity index (χ0) is 21.4. The molecule has 1 saturated carbocycles. The predicted molar refractivity (Wildman–Crippen MR) is 117 cm³/mol. The van der Waals surface area contributed by atoms with E-state index in [-0.39, 0.29) is 17.6 Å². The number of halogens is 2. The summed E-state index contributed by atoms with van der Waals surface area (Å²) >= 11 is 0. The standard InChI is InChI=1S/C25H24F2N4/c1-15(24-29-25(31-30-24)18-3-2-4-19(26)13-18)16-5-7-17(8-6-16)21-11-12-28-23-10-9-20(27)14-22(21)23/h2-4,9-17H,5-8H2,1H3,(H,29,30,31)/t15-,16?,17?/m0/s1. The number of hydrogen-bond acceptors (Lipinski definition) is 3. The molecule has 1 aliphatic rings. The summed E-state index contributed by atoms with van der Waals surface area (Å²) in [5, 5.41) is 9.51. The van der Waals surface area contributed by atoms with Crippen molar-refractivity contribution in [2.75, 3.05) is 0 Å². The second-order valence-corrected chi connectivity index (χ2v) is 8.53. The first kappa shape index (κ1) is 19.8. The quantitative estimate of drug-likeness (QED) is 0.419. The van der Waals surface area contributed by atoms with Crippen LogP contribution >= 0.6 is 0 Å². The molecule has 0 spiro atoms. The first-order valence-corrected chi connectivity index (χ1v) is 10.8. The Kier molecular flexibility index (Phi) is 5.22. The fourth-order valence-electron chi connectivity index (χ4n) is 4.89. The summed E-state index contributed by atoms with van der Waals surface area (Å²) in [6.45, 7) is 2.18. The maximum absolute atomic E-state index is 13.8. The number of pyridine rings is 1. The number of nitrogens with one attached hydrogen (secondary N) is 1. The van der Waals surface area contributed by atoms with E-state index in [0.717, 1.165) is 42.4 Å². The van der Waals surface area contributed by atoms with Crippen molar-refractivity contribution in [3.05, 3.63) is 77.8 Å². The third kappa shape index (κ3) is 3.94. The van der Waals surface area contributed by atoms with Gasteiger partial charge in [-0.25, -0.2) is 8.78 Å². The second-order valence-electron chi connectivity index (χ2n) is 8.53. The topological polar surface area (TPSA) is 54.5 Å². The van der Waals surface area contributed by atoms with Crippen LogP contribution in [0.4, 0.5) is 8.78 Å². The predicted octanol–water partition coefficient (Wildman–Crippen LogP) is 6.38. The lowest BCUT2D eigenvalue weighted by Crippen LogP contribution is -2.19. The average Bonchev–Trinajstić information content (AvgIpc) is 3.29. The Hall–Kier alpha value is -3.15. The van der Waals surface area contributed by atoms with E-state index in [9.17, 15) is 8.78 Å². The molecule has 2 heterocycles. The van der Waals surface area contributed by atoms with Gasteiger partial charge in [-0.15, -0.1) is 10.2 Å². The molecule has 0 saturated heterocycles. The third-order valence-corrected chi connectivity index (χ3v) is 6.69. The van der Waals surface area contributed by atoms with Crippen molar-refractivity contribution < 1.29 is 8.78 Å². The molecule has 1 aliphatic carbocycles. The number of benzene rings is 2. The number of aromatic nitrogens is 4. The summed E-state index contributed by atoms with van der Waals surface area (Å²) in [6, 6.07) is 13.2. The van der Waals surface area contributed by atoms with Gasteiger partial charge in [-0.3, -0.25) is 4.98 Å². The minimum atomic E-state index is -0.287. The molecule has 158 valence electrons. The molecule has 5 rings (SSSR count). The molecule has 2 aromatic heterocycles. The first-order valence-electron chi connectivity index (χ1n) is 10.8. The summed E-state index contributed by atoms with van der Waals surface area (Å²) in [5.74, 6) is 2.08. The lowest BCUT2D eigenvalue weighted by molar-refractivity contribution is 0.286. The molecule has 0 unspecified atom stereocenters. The second kappa shape index (κ2) is 8.17. The molecule has 2 aromatic carbocycles. The van der Waals surface area contributed by atoms with Crippen molar-refractivity contribution in [3.8, 4) is 11.4 Å². The average molecular weight is 418 g/mol. The Balaban J connectivity index is 1.30. The highest BCUT2D eigenvalue weighted by Gasteiger charge is 2.29. The van der Waals surface area contributed by atoms with Gasteiger partial charge >= 0.3 is 0 Å². The number of nitrogens with zero attached hydrogens (tertiary/aromatic N) is 3. The van der Waals surface area contributed by atoms with Gasteiger partial charge in [0.2, 0.25) is 0 Å². The van der Waals surface area contributed by atoms with Gasteiger partial charge in [-0.05, 0) is 79.5 Å². The third-order valence-electron chi connectivity index (χ3n) is 6.69. The molecule has 1 N–H and O–H groups in total. The molecule has 6 heteroatoms. The van der Waals surface area contributed by atoms with E-state index >= 15 is 0 Å². The number of hydrogen-bond donors (Lipinski definition) is 1. The van der Waals surface area contributed by atoms with Gasteiger partial charge in [-0.2, -0.15) is 0 Å². The van der Waals surface area contributed by atoms with Crippen LogP contribution in [0, 0.1) is 17.6 Å². The van der Waals surface area contributed by atoms with Gasteiger partial charge in [0.25, 0.3) is 0 Å². The molecule has 0 radical (unpaired) electrons. The minimum Gasteiger partial charge on any atom is -0.325 e. The molecule has 1 fully saturated rings. The van der Waals surface area contributed by atoms with E-state index in [1.165, 1.54) is 23.8 Å². The van der Waals surface area contributed by atoms with E-state index in [0.29, 0.717) is 23.2 Å². The molecule has 0 bridgehead atoms. The van der Waals surface area contributed by atoms with Gasteiger partial charge in [0.1, 0.15) is 17.5 Å². The summed E-state index contributed by atoms with van der Waals surface area (Å²) in [6.07, 6.45) is 6.07. The van der Waals surface area contributed by atoms with Crippen LogP contribution in [0.3, 0.4) is 0 Å². The van der Waals surface area contributed by atoms with Crippen LogP contribution in [0.15, 0.2) is 54.7 Å². The van der Waals surface area contributed by atoms with Crippen LogP contribution in [-0.4, -0.2) is 20.2 Å². The Morgan fingerprint density at radius 3 is 2.55 bits per heavy atom. The van der Waals surface area contributed by atoms with Gasteiger partial charge in [-0.1, -0.05) is 19.1 Å². The van der Waals surface area contributed by atoms with Crippen molar-refractivity contribution in [3.63, 3.8) is 0 Å². The van der Waals surface area contributed by atoms with E-state index in [1.54, 1.807) is 18.2 Å². The fraction of sp³-hybridized carbons (Fsp3) is 0.320. The largest absolute Gasteiger partial charge is 0.325 e. The monoisotopic (exact) mass is 418 g/mol. The van der Waals surface area contributed by atoms with Crippen molar-refractivity contribution in [1.29, 1.82) is 0 Å². The minimum absolute atomic E-state index is 0.219. The van der Waals surface area contributed by atoms with E-state index in [1.807, 2.05) is 18.3 Å². The normalized spacial score (nSPS) is 20.1. The van der Waals surface area contributed by atoms with E-state index < -0.39 is 0 Å². The highest BCUT2D eigenvalue weighted by molar-refractivity contribution is 5.82. The Bertz CT molecular complexity index is 1210. The molecule has 0 amide bonds. The van der Waals surface area contributed by atoms with E-state index in [4.69, 9.17) is 0 Å². The van der Waals surface area contributed by atoms with Crippen LogP contribution < -0.4 is 0 Å². The zero-order valence-corrected chi connectivity index (χ0v) is 17.4. The molecular weight excluding hydrogens is 394 g/mol. The smallest absolute Gasteiger partial charge is 0.161 e. The Labute approximate surface area is 179 Å². The summed E-state index contributed by atoms with van der Waals surface area (Å²) < 4.78 is 27.3. The highest BCUT2D eigenvalue weighted by Crippen LogP contribution is 2.42. The molecule has 0 aliphatic heterocycles. The maximum atomic E-state index is 13.8. The summed E-state index contributed by atoms with van der Waals surface area (Å²) in [4.78, 5) is 7.67. The van der Waals surface area contributed by atoms with Gasteiger partial charge in [0, 0.05) is 23.1 Å². The van der Waals surface area contributed by atoms with E-state index in [2.05, 4.69) is 27.1 Å². The highest BCUT2D eigenvalue weighted by atomic mass is 19.1. The molecule has 4 aromatic rings. The lowest BCUT2D eigenvalue weighted by Gasteiger charge is -2.32. The van der Waals surface area contributed by atoms with Crippen LogP contribution in [0.5, 0.6) is 0 Å². The number of rotatable bonds is 4. The first-order chi connectivity index (χ1) is 15.1. The maximum Gasteiger partial charge on any atom is 0.161 e. The summed E-state index contributed by atoms with van der Waals surface area (Å²) in [7, 11) is 0. The molecular formula is C25H24F2N4. The fourth-order valence-corrected chi connectivity index (χ4v) is 4.89. The zero-order valence-electron chi connectivity index (χ0n) is 17.4. The van der Waals surface area contributed by atoms with Crippen molar-refractivity contribution >= 4 is 10.9 Å². The van der Waals surface area contributed by atoms with Gasteiger partial charge < -0.3 is 4.98 Å². The number of fused-ring (bicyclic) bond motifs is 1. The number of H-pyrrole nitrogens is 1. The van der Waals surface area contributed by atoms with Crippen LogP contribution in [-0.2, 0) is 0 Å². The Morgan fingerprint density at radius 1 is 0.935 bits per heavy atom. The van der Waals surface area contributed by atoms with Crippen molar-refractivity contribution in [2.45, 2.75) is 44.4 Å². The van der Waals surface area contributed by atoms with Crippen LogP contribution in [0.25, 0.3) is 22.3 Å².